The van der Waals surface area contributed by atoms with Crippen molar-refractivity contribution >= 4 is 27.5 Å². The molecule has 2 rings (SSSR count). The molecule has 0 heterocycles. The lowest BCUT2D eigenvalue weighted by Gasteiger charge is -2.10. The number of carbonyl (C=O) groups excluding carboxylic acids is 1. The first-order valence-electron chi connectivity index (χ1n) is 5.64. The van der Waals surface area contributed by atoms with E-state index in [0.717, 1.165) is 12.1 Å². The van der Waals surface area contributed by atoms with Gasteiger partial charge in [-0.1, -0.05) is 15.9 Å². The van der Waals surface area contributed by atoms with E-state index in [1.54, 1.807) is 6.92 Å². The number of aryl methyl sites for hydroxylation is 1. The van der Waals surface area contributed by atoms with E-state index in [1.165, 1.54) is 18.2 Å². The topological polar surface area (TPSA) is 49.3 Å². The van der Waals surface area contributed by atoms with Crippen LogP contribution in [0.1, 0.15) is 15.9 Å². The van der Waals surface area contributed by atoms with Crippen LogP contribution in [0.25, 0.3) is 0 Å². The summed E-state index contributed by atoms with van der Waals surface area (Å²) in [6.07, 6.45) is 0. The SMILES string of the molecule is Cc1cc(O)ccc1NC(=O)c1c(F)cc(Br)cc1F. The van der Waals surface area contributed by atoms with Crippen LogP contribution in [0.2, 0.25) is 0 Å². The molecule has 20 heavy (non-hydrogen) atoms. The van der Waals surface area contributed by atoms with Crippen LogP contribution in [0, 0.1) is 18.6 Å². The number of anilines is 1. The van der Waals surface area contributed by atoms with Gasteiger partial charge in [-0.3, -0.25) is 4.79 Å². The molecular weight excluding hydrogens is 332 g/mol. The van der Waals surface area contributed by atoms with Gasteiger partial charge in [0.15, 0.2) is 0 Å². The molecule has 2 aromatic rings. The molecule has 2 aromatic carbocycles. The highest BCUT2D eigenvalue weighted by atomic mass is 79.9. The Hall–Kier alpha value is -1.95. The highest BCUT2D eigenvalue weighted by Crippen LogP contribution is 2.23. The highest BCUT2D eigenvalue weighted by Gasteiger charge is 2.19. The standard InChI is InChI=1S/C14H10BrF2NO2/c1-7-4-9(19)2-3-12(7)18-14(20)13-10(16)5-8(15)6-11(13)17/h2-6,19H,1H3,(H,18,20). The second kappa shape index (κ2) is 5.58. The number of amides is 1. The zero-order valence-corrected chi connectivity index (χ0v) is 12.0. The zero-order chi connectivity index (χ0) is 14.9. The van der Waals surface area contributed by atoms with E-state index in [0.29, 0.717) is 11.3 Å². The Balaban J connectivity index is 2.33. The fraction of sp³-hybridized carbons (Fsp3) is 0.0714. The van der Waals surface area contributed by atoms with Gasteiger partial charge in [-0.05, 0) is 42.8 Å². The zero-order valence-electron chi connectivity index (χ0n) is 10.4. The lowest BCUT2D eigenvalue weighted by atomic mass is 10.1. The quantitative estimate of drug-likeness (QED) is 0.811. The third-order valence-corrected chi connectivity index (χ3v) is 3.15. The second-order valence-corrected chi connectivity index (χ2v) is 5.11. The molecule has 6 heteroatoms. The van der Waals surface area contributed by atoms with Gasteiger partial charge in [0, 0.05) is 10.2 Å². The van der Waals surface area contributed by atoms with Gasteiger partial charge in [0.1, 0.15) is 22.9 Å². The molecule has 1 amide bonds. The summed E-state index contributed by atoms with van der Waals surface area (Å²) in [5, 5.41) is 11.7. The Morgan fingerprint density at radius 2 is 1.80 bits per heavy atom. The molecule has 0 bridgehead atoms. The lowest BCUT2D eigenvalue weighted by molar-refractivity contribution is 0.101. The molecule has 0 unspecified atom stereocenters. The molecule has 0 aromatic heterocycles. The Bertz CT molecular complexity index is 666. The van der Waals surface area contributed by atoms with Crippen molar-refractivity contribution in [3.8, 4) is 5.75 Å². The normalized spacial score (nSPS) is 10.4. The Kier molecular flexibility index (Phi) is 4.04. The second-order valence-electron chi connectivity index (χ2n) is 4.20. The van der Waals surface area contributed by atoms with Crippen LogP contribution in [-0.4, -0.2) is 11.0 Å². The van der Waals surface area contributed by atoms with Crippen molar-refractivity contribution in [2.24, 2.45) is 0 Å². The van der Waals surface area contributed by atoms with Crippen molar-refractivity contribution in [2.75, 3.05) is 5.32 Å². The van der Waals surface area contributed by atoms with Gasteiger partial charge >= 0.3 is 0 Å². The highest BCUT2D eigenvalue weighted by molar-refractivity contribution is 9.10. The molecule has 2 N–H and O–H groups in total. The van der Waals surface area contributed by atoms with Crippen molar-refractivity contribution in [1.29, 1.82) is 0 Å². The number of hydrogen-bond donors (Lipinski definition) is 2. The van der Waals surface area contributed by atoms with Crippen LogP contribution in [0.15, 0.2) is 34.8 Å². The van der Waals surface area contributed by atoms with Gasteiger partial charge in [0.2, 0.25) is 0 Å². The van der Waals surface area contributed by atoms with Crippen LogP contribution in [0.3, 0.4) is 0 Å². The number of carbonyl (C=O) groups is 1. The van der Waals surface area contributed by atoms with Gasteiger partial charge in [0.25, 0.3) is 5.91 Å². The smallest absolute Gasteiger partial charge is 0.261 e. The lowest BCUT2D eigenvalue weighted by Crippen LogP contribution is -2.16. The molecule has 0 saturated heterocycles. The maximum Gasteiger partial charge on any atom is 0.261 e. The van der Waals surface area contributed by atoms with E-state index in [9.17, 15) is 18.7 Å². The first-order valence-corrected chi connectivity index (χ1v) is 6.43. The predicted molar refractivity (Wildman–Crippen MR) is 74.9 cm³/mol. The van der Waals surface area contributed by atoms with E-state index in [1.807, 2.05) is 0 Å². The summed E-state index contributed by atoms with van der Waals surface area (Å²) in [7, 11) is 0. The summed E-state index contributed by atoms with van der Waals surface area (Å²) in [5.41, 5.74) is 0.298. The summed E-state index contributed by atoms with van der Waals surface area (Å²) >= 11 is 2.94. The Morgan fingerprint density at radius 1 is 1.20 bits per heavy atom. The van der Waals surface area contributed by atoms with E-state index in [-0.39, 0.29) is 10.2 Å². The van der Waals surface area contributed by atoms with Crippen molar-refractivity contribution in [3.05, 3.63) is 57.6 Å². The maximum absolute atomic E-state index is 13.7. The van der Waals surface area contributed by atoms with Crippen LogP contribution in [0.5, 0.6) is 5.75 Å². The minimum absolute atomic E-state index is 0.0431. The number of benzene rings is 2. The molecule has 0 atom stereocenters. The Morgan fingerprint density at radius 3 is 2.35 bits per heavy atom. The number of halogens is 3. The summed E-state index contributed by atoms with van der Waals surface area (Å²) in [4.78, 5) is 11.9. The number of phenolic OH excluding ortho intramolecular Hbond substituents is 1. The number of rotatable bonds is 2. The third kappa shape index (κ3) is 2.96. The van der Waals surface area contributed by atoms with Crippen LogP contribution >= 0.6 is 15.9 Å². The van der Waals surface area contributed by atoms with E-state index in [4.69, 9.17) is 0 Å². The molecule has 0 fully saturated rings. The maximum atomic E-state index is 13.7. The van der Waals surface area contributed by atoms with Gasteiger partial charge in [0.05, 0.1) is 0 Å². The molecule has 0 saturated carbocycles. The van der Waals surface area contributed by atoms with Gasteiger partial charge in [-0.15, -0.1) is 0 Å². The van der Waals surface area contributed by atoms with Crippen molar-refractivity contribution in [2.45, 2.75) is 6.92 Å². The molecule has 0 aliphatic rings. The summed E-state index contributed by atoms with van der Waals surface area (Å²) < 4.78 is 27.5. The number of nitrogens with one attached hydrogen (secondary N) is 1. The van der Waals surface area contributed by atoms with Gasteiger partial charge in [-0.25, -0.2) is 8.78 Å². The minimum Gasteiger partial charge on any atom is -0.508 e. The molecule has 0 radical (unpaired) electrons. The summed E-state index contributed by atoms with van der Waals surface area (Å²) in [6.45, 7) is 1.66. The van der Waals surface area contributed by atoms with E-state index in [2.05, 4.69) is 21.2 Å². The van der Waals surface area contributed by atoms with Gasteiger partial charge in [-0.2, -0.15) is 0 Å². The first-order chi connectivity index (χ1) is 9.38. The van der Waals surface area contributed by atoms with Crippen molar-refractivity contribution < 1.29 is 18.7 Å². The molecule has 104 valence electrons. The van der Waals surface area contributed by atoms with Crippen LogP contribution in [-0.2, 0) is 0 Å². The number of hydrogen-bond acceptors (Lipinski definition) is 2. The molecule has 0 aliphatic heterocycles. The molecule has 0 spiro atoms. The average molecular weight is 342 g/mol. The van der Waals surface area contributed by atoms with E-state index >= 15 is 0 Å². The Labute approximate surface area is 122 Å². The predicted octanol–water partition coefficient (Wildman–Crippen LogP) is 3.99. The fourth-order valence-corrected chi connectivity index (χ4v) is 2.13. The summed E-state index contributed by atoms with van der Waals surface area (Å²) in [6, 6.07) is 6.29. The van der Waals surface area contributed by atoms with Crippen molar-refractivity contribution in [3.63, 3.8) is 0 Å². The number of phenols is 1. The third-order valence-electron chi connectivity index (χ3n) is 2.69. The van der Waals surface area contributed by atoms with E-state index < -0.39 is 23.1 Å². The number of aromatic hydroxyl groups is 1. The molecular formula is C14H10BrF2NO2. The van der Waals surface area contributed by atoms with Gasteiger partial charge < -0.3 is 10.4 Å². The monoisotopic (exact) mass is 341 g/mol. The van der Waals surface area contributed by atoms with Crippen molar-refractivity contribution in [1.82, 2.24) is 0 Å². The van der Waals surface area contributed by atoms with Crippen LogP contribution < -0.4 is 5.32 Å². The first kappa shape index (κ1) is 14.5. The summed E-state index contributed by atoms with van der Waals surface area (Å²) in [5.74, 6) is -2.75. The molecule has 0 aliphatic carbocycles. The fourth-order valence-electron chi connectivity index (χ4n) is 1.73. The van der Waals surface area contributed by atoms with Crippen LogP contribution in [0.4, 0.5) is 14.5 Å². The average Bonchev–Trinajstić information content (AvgIpc) is 2.31. The minimum atomic E-state index is -0.953. The largest absolute Gasteiger partial charge is 0.508 e. The molecule has 3 nitrogen and oxygen atoms in total.